The standard InChI is InChI=1S/C14H18F3NO3/c1-10-5-2-3-6-11(10)21-8-4-7-13(20)18-9-12(19)14(15,16)17/h2-3,5-6,12,19H,4,7-9H2,1H3,(H,18,20). The fourth-order valence-electron chi connectivity index (χ4n) is 1.55. The second-order valence-corrected chi connectivity index (χ2v) is 4.58. The maximum Gasteiger partial charge on any atom is 0.416 e. The summed E-state index contributed by atoms with van der Waals surface area (Å²) in [5.41, 5.74) is 0.968. The van der Waals surface area contributed by atoms with Gasteiger partial charge in [0, 0.05) is 6.42 Å². The van der Waals surface area contributed by atoms with E-state index in [1.165, 1.54) is 0 Å². The molecule has 0 heterocycles. The average molecular weight is 305 g/mol. The molecule has 0 spiro atoms. The highest BCUT2D eigenvalue weighted by molar-refractivity contribution is 5.75. The molecule has 2 N–H and O–H groups in total. The van der Waals surface area contributed by atoms with Crippen LogP contribution in [0.5, 0.6) is 5.75 Å². The maximum atomic E-state index is 12.0. The van der Waals surface area contributed by atoms with Crippen LogP contribution in [0.1, 0.15) is 18.4 Å². The number of hydrogen-bond donors (Lipinski definition) is 2. The third-order valence-electron chi connectivity index (χ3n) is 2.77. The van der Waals surface area contributed by atoms with Gasteiger partial charge in [-0.3, -0.25) is 4.79 Å². The van der Waals surface area contributed by atoms with Crippen LogP contribution < -0.4 is 10.1 Å². The Morgan fingerprint density at radius 1 is 1.38 bits per heavy atom. The number of rotatable bonds is 7. The van der Waals surface area contributed by atoms with Crippen molar-refractivity contribution in [1.82, 2.24) is 5.32 Å². The number of benzene rings is 1. The first-order chi connectivity index (χ1) is 9.80. The van der Waals surface area contributed by atoms with Gasteiger partial charge < -0.3 is 15.2 Å². The molecule has 4 nitrogen and oxygen atoms in total. The van der Waals surface area contributed by atoms with E-state index in [0.717, 1.165) is 5.56 Å². The zero-order chi connectivity index (χ0) is 15.9. The summed E-state index contributed by atoms with van der Waals surface area (Å²) in [6.07, 6.45) is -6.84. The number of ether oxygens (including phenoxy) is 1. The van der Waals surface area contributed by atoms with Gasteiger partial charge in [0.05, 0.1) is 13.2 Å². The normalized spacial score (nSPS) is 12.8. The van der Waals surface area contributed by atoms with E-state index in [2.05, 4.69) is 0 Å². The SMILES string of the molecule is Cc1ccccc1OCCCC(=O)NCC(O)C(F)(F)F. The van der Waals surface area contributed by atoms with Crippen LogP contribution in [0.3, 0.4) is 0 Å². The fraction of sp³-hybridized carbons (Fsp3) is 0.500. The Labute approximate surface area is 120 Å². The third kappa shape index (κ3) is 6.48. The number of aliphatic hydroxyl groups excluding tert-OH is 1. The first kappa shape index (κ1) is 17.3. The van der Waals surface area contributed by atoms with Gasteiger partial charge in [0.2, 0.25) is 5.91 Å². The zero-order valence-electron chi connectivity index (χ0n) is 11.6. The molecule has 0 bridgehead atoms. The third-order valence-corrected chi connectivity index (χ3v) is 2.77. The first-order valence-electron chi connectivity index (χ1n) is 6.50. The molecule has 0 aromatic heterocycles. The molecule has 1 rings (SSSR count). The van der Waals surface area contributed by atoms with Gasteiger partial charge >= 0.3 is 6.18 Å². The quantitative estimate of drug-likeness (QED) is 0.759. The molecular weight excluding hydrogens is 287 g/mol. The Hall–Kier alpha value is -1.76. The lowest BCUT2D eigenvalue weighted by Crippen LogP contribution is -2.40. The van der Waals surface area contributed by atoms with Crippen molar-refractivity contribution in [2.24, 2.45) is 0 Å². The Morgan fingerprint density at radius 2 is 2.05 bits per heavy atom. The molecule has 0 radical (unpaired) electrons. The molecular formula is C14H18F3NO3. The van der Waals surface area contributed by atoms with Gasteiger partial charge in [0.25, 0.3) is 0 Å². The van der Waals surface area contributed by atoms with E-state index in [9.17, 15) is 18.0 Å². The number of carbonyl (C=O) groups excluding carboxylic acids is 1. The lowest BCUT2D eigenvalue weighted by Gasteiger charge is -2.15. The smallest absolute Gasteiger partial charge is 0.416 e. The molecule has 1 aromatic rings. The maximum absolute atomic E-state index is 12.0. The van der Waals surface area contributed by atoms with Crippen molar-refractivity contribution >= 4 is 5.91 Å². The van der Waals surface area contributed by atoms with Gasteiger partial charge in [0.15, 0.2) is 6.10 Å². The van der Waals surface area contributed by atoms with E-state index < -0.39 is 24.7 Å². The van der Waals surface area contributed by atoms with Gasteiger partial charge in [-0.1, -0.05) is 18.2 Å². The van der Waals surface area contributed by atoms with Crippen LogP contribution in [0.4, 0.5) is 13.2 Å². The second kappa shape index (κ2) is 7.87. The van der Waals surface area contributed by atoms with Crippen LogP contribution in [0.2, 0.25) is 0 Å². The summed E-state index contributed by atoms with van der Waals surface area (Å²) in [6.45, 7) is 1.35. The predicted molar refractivity (Wildman–Crippen MR) is 71.0 cm³/mol. The molecule has 0 aliphatic carbocycles. The average Bonchev–Trinajstić information content (AvgIpc) is 2.41. The molecule has 1 unspecified atom stereocenters. The summed E-state index contributed by atoms with van der Waals surface area (Å²) in [6, 6.07) is 7.39. The van der Waals surface area contributed by atoms with E-state index in [4.69, 9.17) is 9.84 Å². The van der Waals surface area contributed by atoms with Crippen molar-refractivity contribution in [2.45, 2.75) is 32.0 Å². The Balaban J connectivity index is 2.18. The van der Waals surface area contributed by atoms with Crippen molar-refractivity contribution < 1.29 is 27.8 Å². The molecule has 7 heteroatoms. The summed E-state index contributed by atoms with van der Waals surface area (Å²) < 4.78 is 41.5. The topological polar surface area (TPSA) is 58.6 Å². The van der Waals surface area contributed by atoms with Crippen LogP contribution in [0.25, 0.3) is 0 Å². The first-order valence-corrected chi connectivity index (χ1v) is 6.50. The van der Waals surface area contributed by atoms with Crippen molar-refractivity contribution in [3.63, 3.8) is 0 Å². The van der Waals surface area contributed by atoms with E-state index in [1.807, 2.05) is 30.4 Å². The molecule has 0 saturated carbocycles. The minimum Gasteiger partial charge on any atom is -0.493 e. The highest BCUT2D eigenvalue weighted by atomic mass is 19.4. The molecule has 1 aromatic carbocycles. The van der Waals surface area contributed by atoms with Gasteiger partial charge in [0.1, 0.15) is 5.75 Å². The fourth-order valence-corrected chi connectivity index (χ4v) is 1.55. The Bertz CT molecular complexity index is 463. The Kier molecular flexibility index (Phi) is 6.48. The largest absolute Gasteiger partial charge is 0.493 e. The van der Waals surface area contributed by atoms with Crippen LogP contribution >= 0.6 is 0 Å². The number of hydrogen-bond acceptors (Lipinski definition) is 3. The van der Waals surface area contributed by atoms with Crippen molar-refractivity contribution in [2.75, 3.05) is 13.2 Å². The number of carbonyl (C=O) groups is 1. The van der Waals surface area contributed by atoms with E-state index >= 15 is 0 Å². The molecule has 0 aliphatic heterocycles. The summed E-state index contributed by atoms with van der Waals surface area (Å²) in [5.74, 6) is 0.164. The number of aryl methyl sites for hydroxylation is 1. The Morgan fingerprint density at radius 3 is 2.67 bits per heavy atom. The van der Waals surface area contributed by atoms with Gasteiger partial charge in [-0.05, 0) is 25.0 Å². The molecule has 1 atom stereocenters. The van der Waals surface area contributed by atoms with Crippen molar-refractivity contribution in [3.8, 4) is 5.75 Å². The lowest BCUT2D eigenvalue weighted by atomic mass is 10.2. The number of alkyl halides is 3. The van der Waals surface area contributed by atoms with E-state index in [-0.39, 0.29) is 6.42 Å². The number of amides is 1. The molecule has 0 saturated heterocycles. The van der Waals surface area contributed by atoms with Crippen molar-refractivity contribution in [3.05, 3.63) is 29.8 Å². The van der Waals surface area contributed by atoms with Gasteiger partial charge in [-0.25, -0.2) is 0 Å². The molecule has 21 heavy (non-hydrogen) atoms. The van der Waals surface area contributed by atoms with Crippen LogP contribution in [0.15, 0.2) is 24.3 Å². The lowest BCUT2D eigenvalue weighted by molar-refractivity contribution is -0.201. The molecule has 0 aliphatic rings. The van der Waals surface area contributed by atoms with E-state index in [0.29, 0.717) is 18.8 Å². The van der Waals surface area contributed by atoms with Crippen molar-refractivity contribution in [1.29, 1.82) is 0 Å². The highest BCUT2D eigenvalue weighted by Gasteiger charge is 2.38. The molecule has 0 fully saturated rings. The van der Waals surface area contributed by atoms with Crippen LogP contribution in [-0.4, -0.2) is 36.4 Å². The summed E-state index contributed by atoms with van der Waals surface area (Å²) in [5, 5.41) is 10.8. The number of aliphatic hydroxyl groups is 1. The summed E-state index contributed by atoms with van der Waals surface area (Å²) in [7, 11) is 0. The zero-order valence-corrected chi connectivity index (χ0v) is 11.6. The van der Waals surface area contributed by atoms with Gasteiger partial charge in [-0.15, -0.1) is 0 Å². The molecule has 118 valence electrons. The second-order valence-electron chi connectivity index (χ2n) is 4.58. The van der Waals surface area contributed by atoms with Gasteiger partial charge in [-0.2, -0.15) is 13.2 Å². The van der Waals surface area contributed by atoms with Crippen LogP contribution in [-0.2, 0) is 4.79 Å². The monoisotopic (exact) mass is 305 g/mol. The summed E-state index contributed by atoms with van der Waals surface area (Å²) in [4.78, 5) is 11.3. The number of para-hydroxylation sites is 1. The predicted octanol–water partition coefficient (Wildman–Crippen LogP) is 2.19. The minimum atomic E-state index is -4.72. The molecule has 1 amide bonds. The van der Waals surface area contributed by atoms with E-state index in [1.54, 1.807) is 6.07 Å². The number of nitrogens with one attached hydrogen (secondary N) is 1. The van der Waals surface area contributed by atoms with Crippen LogP contribution in [0, 0.1) is 6.92 Å². The minimum absolute atomic E-state index is 0.0382. The summed E-state index contributed by atoms with van der Waals surface area (Å²) >= 11 is 0. The highest BCUT2D eigenvalue weighted by Crippen LogP contribution is 2.19. The number of halogens is 3.